The summed E-state index contributed by atoms with van der Waals surface area (Å²) in [5.74, 6) is -0.754. The van der Waals surface area contributed by atoms with E-state index >= 15 is 0 Å². The van der Waals surface area contributed by atoms with Crippen molar-refractivity contribution in [2.24, 2.45) is 0 Å². The molecule has 0 saturated carbocycles. The van der Waals surface area contributed by atoms with Crippen LogP contribution in [0.15, 0.2) is 94.3 Å². The van der Waals surface area contributed by atoms with Gasteiger partial charge in [-0.15, -0.1) is 0 Å². The molecular formula is C28H32BrN3O4S. The second-order valence-corrected chi connectivity index (χ2v) is 11.7. The average molecular weight is 587 g/mol. The molecule has 0 radical (unpaired) electrons. The zero-order valence-electron chi connectivity index (χ0n) is 21.2. The van der Waals surface area contributed by atoms with E-state index in [1.807, 2.05) is 51.1 Å². The summed E-state index contributed by atoms with van der Waals surface area (Å²) in [6, 6.07) is 23.3. The third kappa shape index (κ3) is 7.42. The zero-order valence-corrected chi connectivity index (χ0v) is 23.6. The van der Waals surface area contributed by atoms with Crippen molar-refractivity contribution < 1.29 is 18.0 Å². The maximum Gasteiger partial charge on any atom is 0.264 e. The second kappa shape index (κ2) is 12.9. The number of hydrogen-bond donors (Lipinski definition) is 1. The number of nitrogens with one attached hydrogen (secondary N) is 1. The molecule has 9 heteroatoms. The third-order valence-corrected chi connectivity index (χ3v) is 8.00. The van der Waals surface area contributed by atoms with Gasteiger partial charge in [-0.25, -0.2) is 8.42 Å². The highest BCUT2D eigenvalue weighted by Gasteiger charge is 2.33. The van der Waals surface area contributed by atoms with E-state index in [0.717, 1.165) is 9.87 Å². The first kappa shape index (κ1) is 28.4. The van der Waals surface area contributed by atoms with Crippen LogP contribution in [0.25, 0.3) is 0 Å². The van der Waals surface area contributed by atoms with Gasteiger partial charge in [0.2, 0.25) is 11.8 Å². The van der Waals surface area contributed by atoms with Crippen molar-refractivity contribution in [1.82, 2.24) is 10.2 Å². The standard InChI is InChI=1S/C28H32BrN3O4S/c1-4-26(28(34)30-21(2)3)31(19-22-12-7-5-8-13-22)27(33)20-32(24-15-11-14-23(29)18-24)37(35,36)25-16-9-6-10-17-25/h5-18,21,26H,4,19-20H2,1-3H3,(H,30,34)/t26-/m0/s1. The lowest BCUT2D eigenvalue weighted by Crippen LogP contribution is -2.53. The van der Waals surface area contributed by atoms with Crippen LogP contribution in [0, 0.1) is 0 Å². The van der Waals surface area contributed by atoms with Crippen LogP contribution in [0.4, 0.5) is 5.69 Å². The van der Waals surface area contributed by atoms with Crippen LogP contribution in [-0.4, -0.2) is 43.8 Å². The topological polar surface area (TPSA) is 86.8 Å². The van der Waals surface area contributed by atoms with Gasteiger partial charge in [-0.3, -0.25) is 13.9 Å². The molecule has 0 unspecified atom stereocenters. The number of halogens is 1. The molecule has 1 N–H and O–H groups in total. The highest BCUT2D eigenvalue weighted by molar-refractivity contribution is 9.10. The molecular weight excluding hydrogens is 554 g/mol. The molecule has 7 nitrogen and oxygen atoms in total. The molecule has 0 saturated heterocycles. The van der Waals surface area contributed by atoms with Crippen molar-refractivity contribution in [3.8, 4) is 0 Å². The van der Waals surface area contributed by atoms with Crippen LogP contribution < -0.4 is 9.62 Å². The van der Waals surface area contributed by atoms with Gasteiger partial charge in [0.05, 0.1) is 10.6 Å². The first-order valence-corrected chi connectivity index (χ1v) is 14.3. The van der Waals surface area contributed by atoms with Crippen LogP contribution in [0.1, 0.15) is 32.8 Å². The molecule has 2 amide bonds. The van der Waals surface area contributed by atoms with Gasteiger partial charge in [-0.2, -0.15) is 0 Å². The summed E-state index contributed by atoms with van der Waals surface area (Å²) in [6.07, 6.45) is 0.374. The highest BCUT2D eigenvalue weighted by Crippen LogP contribution is 2.27. The van der Waals surface area contributed by atoms with E-state index in [2.05, 4.69) is 21.2 Å². The van der Waals surface area contributed by atoms with E-state index in [1.54, 1.807) is 42.5 Å². The molecule has 3 aromatic rings. The fraction of sp³-hybridized carbons (Fsp3) is 0.286. The molecule has 3 rings (SSSR count). The number of benzene rings is 3. The zero-order chi connectivity index (χ0) is 27.0. The van der Waals surface area contributed by atoms with E-state index in [-0.39, 0.29) is 23.4 Å². The van der Waals surface area contributed by atoms with Crippen LogP contribution in [-0.2, 0) is 26.2 Å². The van der Waals surface area contributed by atoms with Crippen LogP contribution >= 0.6 is 15.9 Å². The van der Waals surface area contributed by atoms with Gasteiger partial charge in [0.15, 0.2) is 0 Å². The first-order chi connectivity index (χ1) is 17.6. The van der Waals surface area contributed by atoms with E-state index in [9.17, 15) is 18.0 Å². The Hall–Kier alpha value is -3.17. The molecule has 0 heterocycles. The third-order valence-electron chi connectivity index (χ3n) is 5.72. The molecule has 196 valence electrons. The maximum absolute atomic E-state index is 13.9. The highest BCUT2D eigenvalue weighted by atomic mass is 79.9. The minimum absolute atomic E-state index is 0.0713. The summed E-state index contributed by atoms with van der Waals surface area (Å²) in [5, 5.41) is 2.89. The predicted molar refractivity (Wildman–Crippen MR) is 149 cm³/mol. The molecule has 0 spiro atoms. The summed E-state index contributed by atoms with van der Waals surface area (Å²) >= 11 is 3.40. The van der Waals surface area contributed by atoms with Crippen molar-refractivity contribution >= 4 is 43.5 Å². The largest absolute Gasteiger partial charge is 0.352 e. The van der Waals surface area contributed by atoms with Gasteiger partial charge in [0.1, 0.15) is 12.6 Å². The molecule has 0 aliphatic rings. The normalized spacial score (nSPS) is 12.1. The Morgan fingerprint density at radius 2 is 1.54 bits per heavy atom. The van der Waals surface area contributed by atoms with E-state index in [0.29, 0.717) is 16.6 Å². The molecule has 0 aromatic heterocycles. The first-order valence-electron chi connectivity index (χ1n) is 12.1. The Labute approximate surface area is 227 Å². The number of nitrogens with zero attached hydrogens (tertiary/aromatic N) is 2. The van der Waals surface area contributed by atoms with E-state index in [4.69, 9.17) is 0 Å². The van der Waals surface area contributed by atoms with E-state index < -0.39 is 28.5 Å². The SMILES string of the molecule is CC[C@@H](C(=O)NC(C)C)N(Cc1ccccc1)C(=O)CN(c1cccc(Br)c1)S(=O)(=O)c1ccccc1. The monoisotopic (exact) mass is 585 g/mol. The number of hydrogen-bond acceptors (Lipinski definition) is 4. The quantitative estimate of drug-likeness (QED) is 0.344. The van der Waals surface area contributed by atoms with Crippen LogP contribution in [0.3, 0.4) is 0 Å². The van der Waals surface area contributed by atoms with Crippen LogP contribution in [0.2, 0.25) is 0 Å². The fourth-order valence-electron chi connectivity index (χ4n) is 3.96. The van der Waals surface area contributed by atoms with Crippen molar-refractivity contribution in [1.29, 1.82) is 0 Å². The Bertz CT molecular complexity index is 1300. The predicted octanol–water partition coefficient (Wildman–Crippen LogP) is 4.98. The maximum atomic E-state index is 13.9. The number of carbonyl (C=O) groups excluding carboxylic acids is 2. The van der Waals surface area contributed by atoms with Gasteiger partial charge in [-0.05, 0) is 56.2 Å². The summed E-state index contributed by atoms with van der Waals surface area (Å²) in [7, 11) is -4.08. The Kier molecular flexibility index (Phi) is 9.88. The van der Waals surface area contributed by atoms with Crippen molar-refractivity contribution in [2.45, 2.75) is 50.7 Å². The molecule has 0 bridgehead atoms. The fourth-order valence-corrected chi connectivity index (χ4v) is 5.77. The number of anilines is 1. The minimum atomic E-state index is -4.08. The van der Waals surface area contributed by atoms with Gasteiger partial charge in [0, 0.05) is 17.1 Å². The minimum Gasteiger partial charge on any atom is -0.352 e. The molecule has 3 aromatic carbocycles. The lowest BCUT2D eigenvalue weighted by molar-refractivity contribution is -0.140. The lowest BCUT2D eigenvalue weighted by Gasteiger charge is -2.33. The number of amides is 2. The van der Waals surface area contributed by atoms with Crippen molar-refractivity contribution in [3.05, 3.63) is 95.0 Å². The Morgan fingerprint density at radius 1 is 0.919 bits per heavy atom. The summed E-state index contributed by atoms with van der Waals surface area (Å²) in [6.45, 7) is 5.25. The van der Waals surface area contributed by atoms with E-state index in [1.165, 1.54) is 17.0 Å². The smallest absolute Gasteiger partial charge is 0.264 e. The number of rotatable bonds is 11. The molecule has 0 aliphatic heterocycles. The summed E-state index contributed by atoms with van der Waals surface area (Å²) in [4.78, 5) is 28.6. The molecule has 1 atom stereocenters. The number of carbonyl (C=O) groups is 2. The summed E-state index contributed by atoms with van der Waals surface area (Å²) in [5.41, 5.74) is 1.18. The second-order valence-electron chi connectivity index (χ2n) is 8.90. The van der Waals surface area contributed by atoms with Gasteiger partial charge >= 0.3 is 0 Å². The number of sulfonamides is 1. The van der Waals surface area contributed by atoms with Gasteiger partial charge in [-0.1, -0.05) is 77.5 Å². The Balaban J connectivity index is 2.04. The average Bonchev–Trinajstić information content (AvgIpc) is 2.87. The Morgan fingerprint density at radius 3 is 2.11 bits per heavy atom. The molecule has 37 heavy (non-hydrogen) atoms. The lowest BCUT2D eigenvalue weighted by atomic mass is 10.1. The van der Waals surface area contributed by atoms with Crippen molar-refractivity contribution in [3.63, 3.8) is 0 Å². The van der Waals surface area contributed by atoms with Crippen molar-refractivity contribution in [2.75, 3.05) is 10.8 Å². The van der Waals surface area contributed by atoms with Gasteiger partial charge < -0.3 is 10.2 Å². The molecule has 0 fully saturated rings. The summed E-state index contributed by atoms with van der Waals surface area (Å²) < 4.78 is 29.3. The van der Waals surface area contributed by atoms with Crippen LogP contribution in [0.5, 0.6) is 0 Å². The van der Waals surface area contributed by atoms with Gasteiger partial charge in [0.25, 0.3) is 10.0 Å². The molecule has 0 aliphatic carbocycles.